The molecule has 1 unspecified atom stereocenters. The highest BCUT2D eigenvalue weighted by molar-refractivity contribution is 7.89. The normalized spacial score (nSPS) is 13.2. The maximum atomic E-state index is 12.2. The van der Waals surface area contributed by atoms with Crippen LogP contribution in [0.1, 0.15) is 31.3 Å². The third-order valence-corrected chi connectivity index (χ3v) is 4.40. The SMILES string of the molecule is CCNC(C)c1cccc(S(=O)(=O)NCc2ncon2)c1. The second kappa shape index (κ2) is 6.79. The molecule has 0 saturated carbocycles. The van der Waals surface area contributed by atoms with Crippen LogP contribution in [0, 0.1) is 0 Å². The van der Waals surface area contributed by atoms with E-state index in [1.54, 1.807) is 18.2 Å². The Morgan fingerprint density at radius 3 is 2.86 bits per heavy atom. The number of nitrogens with zero attached hydrogens (tertiary/aromatic N) is 2. The number of hydrogen-bond acceptors (Lipinski definition) is 6. The summed E-state index contributed by atoms with van der Waals surface area (Å²) in [7, 11) is -3.61. The van der Waals surface area contributed by atoms with Crippen LogP contribution >= 0.6 is 0 Å². The standard InChI is InChI=1S/C13H18N4O3S/c1-3-14-10(2)11-5-4-6-12(7-11)21(18,19)16-8-13-15-9-20-17-13/h4-7,9-10,14,16H,3,8H2,1-2H3. The number of sulfonamides is 1. The molecule has 1 heterocycles. The van der Waals surface area contributed by atoms with E-state index in [1.807, 2.05) is 19.9 Å². The highest BCUT2D eigenvalue weighted by Crippen LogP contribution is 2.17. The van der Waals surface area contributed by atoms with Gasteiger partial charge in [0.25, 0.3) is 0 Å². The molecule has 0 spiro atoms. The van der Waals surface area contributed by atoms with Crippen LogP contribution in [0.15, 0.2) is 40.1 Å². The Morgan fingerprint density at radius 1 is 1.38 bits per heavy atom. The Morgan fingerprint density at radius 2 is 2.19 bits per heavy atom. The van der Waals surface area contributed by atoms with Crippen LogP contribution in [-0.4, -0.2) is 25.1 Å². The van der Waals surface area contributed by atoms with Gasteiger partial charge in [-0.15, -0.1) is 0 Å². The Labute approximate surface area is 123 Å². The molecule has 0 aliphatic carbocycles. The van der Waals surface area contributed by atoms with Crippen molar-refractivity contribution in [2.24, 2.45) is 0 Å². The van der Waals surface area contributed by atoms with E-state index in [1.165, 1.54) is 0 Å². The second-order valence-corrected chi connectivity index (χ2v) is 6.29. The van der Waals surface area contributed by atoms with Gasteiger partial charge in [0, 0.05) is 6.04 Å². The number of hydrogen-bond donors (Lipinski definition) is 2. The zero-order chi connectivity index (χ0) is 15.3. The fourth-order valence-electron chi connectivity index (χ4n) is 1.89. The van der Waals surface area contributed by atoms with Crippen LogP contribution in [0.25, 0.3) is 0 Å². The lowest BCUT2D eigenvalue weighted by molar-refractivity contribution is 0.409. The van der Waals surface area contributed by atoms with E-state index in [-0.39, 0.29) is 23.3 Å². The molecule has 0 bridgehead atoms. The summed E-state index contributed by atoms with van der Waals surface area (Å²) in [6, 6.07) is 6.92. The van der Waals surface area contributed by atoms with Gasteiger partial charge in [-0.1, -0.05) is 24.2 Å². The van der Waals surface area contributed by atoms with Gasteiger partial charge in [0.2, 0.25) is 16.4 Å². The molecule has 0 aliphatic rings. The minimum absolute atomic E-state index is 0.00811. The van der Waals surface area contributed by atoms with Gasteiger partial charge in [-0.3, -0.25) is 0 Å². The number of aromatic nitrogens is 2. The Kier molecular flexibility index (Phi) is 5.05. The van der Waals surface area contributed by atoms with Crippen molar-refractivity contribution in [1.82, 2.24) is 20.2 Å². The van der Waals surface area contributed by atoms with Crippen LogP contribution in [0.2, 0.25) is 0 Å². The summed E-state index contributed by atoms with van der Waals surface area (Å²) < 4.78 is 31.5. The van der Waals surface area contributed by atoms with E-state index in [0.717, 1.165) is 18.5 Å². The molecule has 1 aromatic carbocycles. The monoisotopic (exact) mass is 310 g/mol. The Bertz CT molecular complexity index is 670. The zero-order valence-corrected chi connectivity index (χ0v) is 12.7. The highest BCUT2D eigenvalue weighted by Gasteiger charge is 2.16. The van der Waals surface area contributed by atoms with Crippen LogP contribution < -0.4 is 10.0 Å². The summed E-state index contributed by atoms with van der Waals surface area (Å²) in [5, 5.41) is 6.81. The highest BCUT2D eigenvalue weighted by atomic mass is 32.2. The molecule has 0 fully saturated rings. The van der Waals surface area contributed by atoms with Crippen molar-refractivity contribution in [1.29, 1.82) is 0 Å². The molecule has 114 valence electrons. The van der Waals surface area contributed by atoms with Gasteiger partial charge >= 0.3 is 0 Å². The van der Waals surface area contributed by atoms with Crippen molar-refractivity contribution in [2.75, 3.05) is 6.54 Å². The molecule has 0 amide bonds. The molecule has 8 heteroatoms. The second-order valence-electron chi connectivity index (χ2n) is 4.52. The predicted molar refractivity (Wildman–Crippen MR) is 76.9 cm³/mol. The van der Waals surface area contributed by atoms with Crippen LogP contribution in [-0.2, 0) is 16.6 Å². The van der Waals surface area contributed by atoms with Gasteiger partial charge in [-0.25, -0.2) is 13.1 Å². The summed E-state index contributed by atoms with van der Waals surface area (Å²) in [5.41, 5.74) is 0.916. The largest absolute Gasteiger partial charge is 0.343 e. The molecule has 0 aliphatic heterocycles. The molecular formula is C13H18N4O3S. The van der Waals surface area contributed by atoms with Crippen molar-refractivity contribution < 1.29 is 12.9 Å². The fraction of sp³-hybridized carbons (Fsp3) is 0.385. The van der Waals surface area contributed by atoms with E-state index in [0.29, 0.717) is 0 Å². The van der Waals surface area contributed by atoms with Crippen molar-refractivity contribution in [2.45, 2.75) is 31.3 Å². The molecule has 0 saturated heterocycles. The molecule has 2 rings (SSSR count). The van der Waals surface area contributed by atoms with Crippen molar-refractivity contribution in [3.63, 3.8) is 0 Å². The van der Waals surface area contributed by atoms with E-state index < -0.39 is 10.0 Å². The van der Waals surface area contributed by atoms with Crippen LogP contribution in [0.3, 0.4) is 0 Å². The van der Waals surface area contributed by atoms with Gasteiger partial charge in [0.1, 0.15) is 0 Å². The Hall–Kier alpha value is -1.77. The summed E-state index contributed by atoms with van der Waals surface area (Å²) in [6.45, 7) is 4.80. The third kappa shape index (κ3) is 4.10. The zero-order valence-electron chi connectivity index (χ0n) is 11.9. The minimum atomic E-state index is -3.61. The van der Waals surface area contributed by atoms with Gasteiger partial charge < -0.3 is 9.84 Å². The van der Waals surface area contributed by atoms with Gasteiger partial charge in [-0.2, -0.15) is 4.98 Å². The first-order chi connectivity index (χ1) is 10.0. The first-order valence-corrected chi connectivity index (χ1v) is 8.09. The van der Waals surface area contributed by atoms with E-state index >= 15 is 0 Å². The summed E-state index contributed by atoms with van der Waals surface area (Å²) in [4.78, 5) is 3.98. The van der Waals surface area contributed by atoms with Crippen molar-refractivity contribution in [3.8, 4) is 0 Å². The predicted octanol–water partition coefficient (Wildman–Crippen LogP) is 1.22. The van der Waals surface area contributed by atoms with Crippen LogP contribution in [0.5, 0.6) is 0 Å². The average molecular weight is 310 g/mol. The molecule has 21 heavy (non-hydrogen) atoms. The third-order valence-electron chi connectivity index (χ3n) is 3.01. The van der Waals surface area contributed by atoms with E-state index in [4.69, 9.17) is 0 Å². The first-order valence-electron chi connectivity index (χ1n) is 6.61. The topological polar surface area (TPSA) is 97.1 Å². The van der Waals surface area contributed by atoms with Crippen LogP contribution in [0.4, 0.5) is 0 Å². The lowest BCUT2D eigenvalue weighted by Crippen LogP contribution is -2.24. The smallest absolute Gasteiger partial charge is 0.240 e. The maximum Gasteiger partial charge on any atom is 0.240 e. The van der Waals surface area contributed by atoms with E-state index in [2.05, 4.69) is 24.7 Å². The summed E-state index contributed by atoms with van der Waals surface area (Å²) >= 11 is 0. The first kappa shape index (κ1) is 15.6. The number of nitrogens with one attached hydrogen (secondary N) is 2. The lowest BCUT2D eigenvalue weighted by Gasteiger charge is -2.14. The average Bonchev–Trinajstić information content (AvgIpc) is 2.99. The number of rotatable bonds is 7. The van der Waals surface area contributed by atoms with Gasteiger partial charge in [0.05, 0.1) is 11.4 Å². The summed E-state index contributed by atoms with van der Waals surface area (Å²) in [5.74, 6) is 0.288. The quantitative estimate of drug-likeness (QED) is 0.798. The maximum absolute atomic E-state index is 12.2. The summed E-state index contributed by atoms with van der Waals surface area (Å²) in [6.07, 6.45) is 1.16. The molecular weight excluding hydrogens is 292 g/mol. The minimum Gasteiger partial charge on any atom is -0.343 e. The van der Waals surface area contributed by atoms with Crippen molar-refractivity contribution >= 4 is 10.0 Å². The Balaban J connectivity index is 2.14. The molecule has 1 aromatic heterocycles. The molecule has 7 nitrogen and oxygen atoms in total. The van der Waals surface area contributed by atoms with Gasteiger partial charge in [0.15, 0.2) is 5.82 Å². The van der Waals surface area contributed by atoms with Gasteiger partial charge in [-0.05, 0) is 31.2 Å². The number of benzene rings is 1. The van der Waals surface area contributed by atoms with E-state index in [9.17, 15) is 8.42 Å². The molecule has 1 atom stereocenters. The lowest BCUT2D eigenvalue weighted by atomic mass is 10.1. The molecule has 2 N–H and O–H groups in total. The fourth-order valence-corrected chi connectivity index (χ4v) is 2.92. The molecule has 0 radical (unpaired) electrons. The molecule has 2 aromatic rings. The van der Waals surface area contributed by atoms with Crippen molar-refractivity contribution in [3.05, 3.63) is 42.0 Å².